The van der Waals surface area contributed by atoms with Gasteiger partial charge < -0.3 is 15.3 Å². The lowest BCUT2D eigenvalue weighted by Crippen LogP contribution is -2.49. The molecule has 0 unspecified atom stereocenters. The first kappa shape index (κ1) is 17.8. The fourth-order valence-corrected chi connectivity index (χ4v) is 3.75. The van der Waals surface area contributed by atoms with E-state index < -0.39 is 0 Å². The van der Waals surface area contributed by atoms with Gasteiger partial charge in [0.05, 0.1) is 5.69 Å². The van der Waals surface area contributed by atoms with Crippen LogP contribution < -0.4 is 10.2 Å². The van der Waals surface area contributed by atoms with Crippen molar-refractivity contribution in [2.24, 2.45) is 7.05 Å². The number of phenolic OH excluding ortho intramolecular Hbond substituents is 1. The summed E-state index contributed by atoms with van der Waals surface area (Å²) in [5.74, 6) is 1.56. The summed E-state index contributed by atoms with van der Waals surface area (Å²) < 4.78 is 1.99. The van der Waals surface area contributed by atoms with Gasteiger partial charge in [0.1, 0.15) is 11.6 Å². The Morgan fingerprint density at radius 1 is 1.32 bits per heavy atom. The molecule has 1 saturated heterocycles. The predicted octanol–water partition coefficient (Wildman–Crippen LogP) is 3.01. The van der Waals surface area contributed by atoms with Crippen molar-refractivity contribution < 1.29 is 5.11 Å². The molecule has 1 aliphatic rings. The Hall–Kier alpha value is -2.01. The standard InChI is InChI=1S/C20H30N4O/c1-15(6-7-17-8-10-19(25)11-9-17)21-18-5-4-12-24(14-18)20-13-16(2)22-23(20)3/h8-11,13,15,18,21,25H,4-7,12,14H2,1-3H3/t15-,18+/m1/s1. The summed E-state index contributed by atoms with van der Waals surface area (Å²) in [4.78, 5) is 2.45. The molecule has 136 valence electrons. The molecule has 1 aromatic carbocycles. The second-order valence-corrected chi connectivity index (χ2v) is 7.33. The van der Waals surface area contributed by atoms with Crippen LogP contribution in [0, 0.1) is 6.92 Å². The maximum Gasteiger partial charge on any atom is 0.126 e. The van der Waals surface area contributed by atoms with Crippen molar-refractivity contribution in [2.75, 3.05) is 18.0 Å². The Kier molecular flexibility index (Phi) is 5.63. The number of nitrogens with zero attached hydrogens (tertiary/aromatic N) is 3. The summed E-state index contributed by atoms with van der Waals surface area (Å²) in [6.07, 6.45) is 4.58. The minimum Gasteiger partial charge on any atom is -0.508 e. The number of nitrogens with one attached hydrogen (secondary N) is 1. The molecule has 2 heterocycles. The number of rotatable bonds is 6. The van der Waals surface area contributed by atoms with Gasteiger partial charge in [-0.1, -0.05) is 12.1 Å². The van der Waals surface area contributed by atoms with Gasteiger partial charge in [0.15, 0.2) is 0 Å². The van der Waals surface area contributed by atoms with Crippen molar-refractivity contribution in [1.82, 2.24) is 15.1 Å². The second kappa shape index (κ2) is 7.91. The van der Waals surface area contributed by atoms with E-state index in [9.17, 15) is 5.11 Å². The quantitative estimate of drug-likeness (QED) is 0.847. The van der Waals surface area contributed by atoms with E-state index >= 15 is 0 Å². The minimum atomic E-state index is 0.336. The zero-order chi connectivity index (χ0) is 17.8. The summed E-state index contributed by atoms with van der Waals surface area (Å²) in [6.45, 7) is 6.48. The summed E-state index contributed by atoms with van der Waals surface area (Å²) in [7, 11) is 2.03. The van der Waals surface area contributed by atoms with Gasteiger partial charge in [0.2, 0.25) is 0 Å². The van der Waals surface area contributed by atoms with E-state index in [4.69, 9.17) is 0 Å². The van der Waals surface area contributed by atoms with Crippen LogP contribution in [0.4, 0.5) is 5.82 Å². The number of piperidine rings is 1. The van der Waals surface area contributed by atoms with Crippen LogP contribution in [0.15, 0.2) is 30.3 Å². The highest BCUT2D eigenvalue weighted by Crippen LogP contribution is 2.21. The Bertz CT molecular complexity index is 680. The molecule has 0 radical (unpaired) electrons. The minimum absolute atomic E-state index is 0.336. The highest BCUT2D eigenvalue weighted by Gasteiger charge is 2.23. The normalized spacial score (nSPS) is 19.2. The largest absolute Gasteiger partial charge is 0.508 e. The van der Waals surface area contributed by atoms with Crippen molar-refractivity contribution in [3.63, 3.8) is 0 Å². The molecule has 2 aromatic rings. The van der Waals surface area contributed by atoms with Crippen molar-refractivity contribution in [1.29, 1.82) is 0 Å². The van der Waals surface area contributed by atoms with Gasteiger partial charge in [-0.3, -0.25) is 4.68 Å². The highest BCUT2D eigenvalue weighted by molar-refractivity contribution is 5.41. The fourth-order valence-electron chi connectivity index (χ4n) is 3.75. The first-order chi connectivity index (χ1) is 12.0. The average molecular weight is 342 g/mol. The molecule has 5 nitrogen and oxygen atoms in total. The first-order valence-corrected chi connectivity index (χ1v) is 9.31. The maximum absolute atomic E-state index is 9.37. The maximum atomic E-state index is 9.37. The lowest BCUT2D eigenvalue weighted by Gasteiger charge is -2.36. The number of hydrogen-bond donors (Lipinski definition) is 2. The molecular weight excluding hydrogens is 312 g/mol. The van der Waals surface area contributed by atoms with Crippen LogP contribution in [0.2, 0.25) is 0 Å². The molecule has 25 heavy (non-hydrogen) atoms. The van der Waals surface area contributed by atoms with Gasteiger partial charge in [-0.05, 0) is 57.2 Å². The molecule has 1 fully saturated rings. The van der Waals surface area contributed by atoms with Crippen LogP contribution in [-0.4, -0.2) is 40.1 Å². The first-order valence-electron chi connectivity index (χ1n) is 9.31. The Balaban J connectivity index is 1.50. The van der Waals surface area contributed by atoms with E-state index in [1.165, 1.54) is 24.2 Å². The van der Waals surface area contributed by atoms with E-state index in [1.54, 1.807) is 12.1 Å². The van der Waals surface area contributed by atoms with E-state index in [0.717, 1.165) is 31.6 Å². The van der Waals surface area contributed by atoms with Crippen LogP contribution >= 0.6 is 0 Å². The Morgan fingerprint density at radius 3 is 2.76 bits per heavy atom. The van der Waals surface area contributed by atoms with E-state index in [2.05, 4.69) is 35.2 Å². The number of benzene rings is 1. The number of aromatic nitrogens is 2. The molecule has 1 aliphatic heterocycles. The highest BCUT2D eigenvalue weighted by atomic mass is 16.3. The molecule has 0 amide bonds. The summed E-state index contributed by atoms with van der Waals surface area (Å²) >= 11 is 0. The molecule has 3 rings (SSSR count). The van der Waals surface area contributed by atoms with Crippen LogP contribution in [0.1, 0.15) is 37.4 Å². The van der Waals surface area contributed by atoms with E-state index in [1.807, 2.05) is 23.9 Å². The second-order valence-electron chi connectivity index (χ2n) is 7.33. The van der Waals surface area contributed by atoms with Crippen LogP contribution in [0.5, 0.6) is 5.75 Å². The van der Waals surface area contributed by atoms with E-state index in [0.29, 0.717) is 17.8 Å². The van der Waals surface area contributed by atoms with Gasteiger partial charge in [-0.15, -0.1) is 0 Å². The third-order valence-electron chi connectivity index (χ3n) is 5.05. The number of hydrogen-bond acceptors (Lipinski definition) is 4. The predicted molar refractivity (Wildman–Crippen MR) is 102 cm³/mol. The number of anilines is 1. The number of aryl methyl sites for hydroxylation is 3. The topological polar surface area (TPSA) is 53.3 Å². The average Bonchev–Trinajstić information content (AvgIpc) is 2.93. The lowest BCUT2D eigenvalue weighted by atomic mass is 10.0. The van der Waals surface area contributed by atoms with Gasteiger partial charge in [0, 0.05) is 38.3 Å². The van der Waals surface area contributed by atoms with Crippen molar-refractivity contribution in [3.8, 4) is 5.75 Å². The van der Waals surface area contributed by atoms with Crippen LogP contribution in [0.3, 0.4) is 0 Å². The third kappa shape index (κ3) is 4.75. The SMILES string of the molecule is Cc1cc(N2CCC[C@H](N[C@H](C)CCc3ccc(O)cc3)C2)n(C)n1. The monoisotopic (exact) mass is 342 g/mol. The summed E-state index contributed by atoms with van der Waals surface area (Å²) in [5.41, 5.74) is 2.36. The molecular formula is C20H30N4O. The van der Waals surface area contributed by atoms with Crippen LogP contribution in [0.25, 0.3) is 0 Å². The lowest BCUT2D eigenvalue weighted by molar-refractivity contribution is 0.371. The number of aromatic hydroxyl groups is 1. The van der Waals surface area contributed by atoms with Crippen molar-refractivity contribution in [2.45, 2.75) is 51.6 Å². The van der Waals surface area contributed by atoms with Crippen LogP contribution in [-0.2, 0) is 13.5 Å². The Labute approximate surface area is 150 Å². The summed E-state index contributed by atoms with van der Waals surface area (Å²) in [5, 5.41) is 17.7. The molecule has 0 aliphatic carbocycles. The van der Waals surface area contributed by atoms with Crippen molar-refractivity contribution in [3.05, 3.63) is 41.6 Å². The van der Waals surface area contributed by atoms with E-state index in [-0.39, 0.29) is 0 Å². The molecule has 5 heteroatoms. The fraction of sp³-hybridized carbons (Fsp3) is 0.550. The van der Waals surface area contributed by atoms with Gasteiger partial charge >= 0.3 is 0 Å². The third-order valence-corrected chi connectivity index (χ3v) is 5.05. The summed E-state index contributed by atoms with van der Waals surface area (Å²) in [6, 6.07) is 10.7. The smallest absolute Gasteiger partial charge is 0.126 e. The van der Waals surface area contributed by atoms with Gasteiger partial charge in [-0.2, -0.15) is 5.10 Å². The van der Waals surface area contributed by atoms with Crippen molar-refractivity contribution >= 4 is 5.82 Å². The molecule has 1 aromatic heterocycles. The molecule has 0 saturated carbocycles. The zero-order valence-electron chi connectivity index (χ0n) is 15.6. The zero-order valence-corrected chi connectivity index (χ0v) is 15.6. The molecule has 2 N–H and O–H groups in total. The number of phenols is 1. The molecule has 2 atom stereocenters. The van der Waals surface area contributed by atoms with Gasteiger partial charge in [0.25, 0.3) is 0 Å². The Morgan fingerprint density at radius 2 is 2.08 bits per heavy atom. The molecule has 0 bridgehead atoms. The molecule has 0 spiro atoms. The van der Waals surface area contributed by atoms with Gasteiger partial charge in [-0.25, -0.2) is 0 Å².